The Kier molecular flexibility index (Phi) is 13.5. The molecule has 1 fully saturated rings. The number of nitrogens with one attached hydrogen (secondary N) is 3. The van der Waals surface area contributed by atoms with Crippen molar-refractivity contribution in [3.63, 3.8) is 0 Å². The number of hydroxylamine groups is 1. The van der Waals surface area contributed by atoms with Crippen molar-refractivity contribution in [1.29, 1.82) is 0 Å². The molecule has 3 aromatic carbocycles. The first-order chi connectivity index (χ1) is 24.2. The smallest absolute Gasteiger partial charge is 0.258 e. The second kappa shape index (κ2) is 17.6. The summed E-state index contributed by atoms with van der Waals surface area (Å²) in [6.45, 7) is 9.18. The lowest BCUT2D eigenvalue weighted by atomic mass is 9.96. The molecule has 0 unspecified atom stereocenters. The molecule has 0 saturated carbocycles. The number of aliphatic hydroxyl groups is 1. The van der Waals surface area contributed by atoms with E-state index in [1.165, 1.54) is 23.7 Å². The van der Waals surface area contributed by atoms with Crippen LogP contribution in [-0.2, 0) is 32.1 Å². The number of benzene rings is 3. The van der Waals surface area contributed by atoms with E-state index in [2.05, 4.69) is 16.0 Å². The molecule has 13 heteroatoms. The van der Waals surface area contributed by atoms with Crippen molar-refractivity contribution in [2.75, 3.05) is 24.6 Å². The number of ether oxygens (including phenoxy) is 1. The maximum absolute atomic E-state index is 14.1. The zero-order chi connectivity index (χ0) is 37.3. The summed E-state index contributed by atoms with van der Waals surface area (Å²) >= 11 is 1.44. The maximum Gasteiger partial charge on any atom is 0.258 e. The van der Waals surface area contributed by atoms with Crippen molar-refractivity contribution in [2.45, 2.75) is 76.6 Å². The number of rotatable bonds is 15. The number of aryl methyl sites for hydroxylation is 1. The standard InChI is InChI=1S/C38H49N5O7S/c1-24(2)32(41-31(44)22-50-29-18-12-17-28(20-29)42(6)49)35(46)40-30(19-26-14-8-7-9-15-26)33(45)37(48)43-23-51-38(4,5)34(43)36(47)39-21-27-16-11-10-13-25(27)3/h7-18,20,24,30,32-34,45,49H,19,21-23H2,1-6H3,(H,39,47)(H,40,46)(H,41,44)/t30-,32-,33-,34+/m0/s1. The Morgan fingerprint density at radius 3 is 2.35 bits per heavy atom. The number of hydrogen-bond donors (Lipinski definition) is 5. The molecule has 0 spiro atoms. The minimum Gasteiger partial charge on any atom is -0.484 e. The Bertz CT molecular complexity index is 1670. The second-order valence-corrected chi connectivity index (χ2v) is 15.2. The van der Waals surface area contributed by atoms with Crippen molar-refractivity contribution in [3.8, 4) is 5.75 Å². The number of carbonyl (C=O) groups excluding carboxylic acids is 4. The molecule has 1 heterocycles. The quantitative estimate of drug-likeness (QED) is 0.148. The molecule has 4 rings (SSSR count). The van der Waals surface area contributed by atoms with Crippen LogP contribution in [0.25, 0.3) is 0 Å². The van der Waals surface area contributed by atoms with Gasteiger partial charge in [0.15, 0.2) is 12.7 Å². The molecule has 4 amide bonds. The van der Waals surface area contributed by atoms with Gasteiger partial charge in [0.2, 0.25) is 11.8 Å². The average Bonchev–Trinajstić information content (AvgIpc) is 3.43. The van der Waals surface area contributed by atoms with Crippen LogP contribution in [-0.4, -0.2) is 87.4 Å². The van der Waals surface area contributed by atoms with E-state index in [1.54, 1.807) is 38.1 Å². The minimum absolute atomic E-state index is 0.117. The first-order valence-electron chi connectivity index (χ1n) is 16.9. The predicted octanol–water partition coefficient (Wildman–Crippen LogP) is 3.42. The molecule has 1 aliphatic heterocycles. The van der Waals surface area contributed by atoms with Gasteiger partial charge in [-0.15, -0.1) is 11.8 Å². The zero-order valence-electron chi connectivity index (χ0n) is 30.0. The normalized spacial score (nSPS) is 16.9. The summed E-state index contributed by atoms with van der Waals surface area (Å²) in [6, 6.07) is 20.4. The van der Waals surface area contributed by atoms with Gasteiger partial charge in [-0.05, 0) is 61.9 Å². The van der Waals surface area contributed by atoms with Gasteiger partial charge in [0, 0.05) is 24.4 Å². The summed E-state index contributed by atoms with van der Waals surface area (Å²) in [7, 11) is 1.46. The van der Waals surface area contributed by atoms with Crippen molar-refractivity contribution >= 4 is 41.1 Å². The predicted molar refractivity (Wildman–Crippen MR) is 197 cm³/mol. The lowest BCUT2D eigenvalue weighted by Crippen LogP contribution is -2.60. The van der Waals surface area contributed by atoms with Crippen LogP contribution in [0.1, 0.15) is 44.4 Å². The summed E-state index contributed by atoms with van der Waals surface area (Å²) in [5, 5.41) is 30.8. The molecule has 51 heavy (non-hydrogen) atoms. The van der Waals surface area contributed by atoms with E-state index >= 15 is 0 Å². The fraction of sp³-hybridized carbons (Fsp3) is 0.421. The van der Waals surface area contributed by atoms with Crippen LogP contribution < -0.4 is 25.8 Å². The van der Waals surface area contributed by atoms with Gasteiger partial charge >= 0.3 is 0 Å². The molecule has 274 valence electrons. The van der Waals surface area contributed by atoms with Crippen LogP contribution in [0.4, 0.5) is 5.69 Å². The Balaban J connectivity index is 1.48. The third-order valence-electron chi connectivity index (χ3n) is 8.88. The molecular formula is C38H49N5O7S. The van der Waals surface area contributed by atoms with E-state index in [9.17, 15) is 29.5 Å². The molecule has 0 radical (unpaired) electrons. The molecule has 0 bridgehead atoms. The number of amides is 4. The lowest BCUT2D eigenvalue weighted by molar-refractivity contribution is -0.148. The fourth-order valence-corrected chi connectivity index (χ4v) is 7.04. The highest BCUT2D eigenvalue weighted by molar-refractivity contribution is 8.00. The maximum atomic E-state index is 14.1. The number of carbonyl (C=O) groups is 4. The van der Waals surface area contributed by atoms with Crippen molar-refractivity contribution in [2.24, 2.45) is 5.92 Å². The highest BCUT2D eigenvalue weighted by atomic mass is 32.2. The third-order valence-corrected chi connectivity index (χ3v) is 10.3. The highest BCUT2D eigenvalue weighted by Gasteiger charge is 2.50. The van der Waals surface area contributed by atoms with Crippen LogP contribution in [0.3, 0.4) is 0 Å². The Morgan fingerprint density at radius 1 is 1.00 bits per heavy atom. The van der Waals surface area contributed by atoms with Gasteiger partial charge in [-0.1, -0.05) is 74.5 Å². The highest BCUT2D eigenvalue weighted by Crippen LogP contribution is 2.40. The van der Waals surface area contributed by atoms with Gasteiger partial charge in [-0.3, -0.25) is 29.4 Å². The van der Waals surface area contributed by atoms with Gasteiger partial charge in [0.05, 0.1) is 17.6 Å². The van der Waals surface area contributed by atoms with Crippen LogP contribution in [0, 0.1) is 12.8 Å². The van der Waals surface area contributed by atoms with Gasteiger partial charge in [0.25, 0.3) is 11.8 Å². The van der Waals surface area contributed by atoms with Crippen molar-refractivity contribution < 1.29 is 34.2 Å². The van der Waals surface area contributed by atoms with Gasteiger partial charge in [0.1, 0.15) is 17.8 Å². The van der Waals surface area contributed by atoms with E-state index in [0.29, 0.717) is 18.0 Å². The largest absolute Gasteiger partial charge is 0.484 e. The van der Waals surface area contributed by atoms with Gasteiger partial charge < -0.3 is 30.7 Å². The third kappa shape index (κ3) is 10.5. The van der Waals surface area contributed by atoms with E-state index in [-0.39, 0.29) is 30.7 Å². The van der Waals surface area contributed by atoms with E-state index in [0.717, 1.165) is 21.8 Å². The molecule has 5 N–H and O–H groups in total. The van der Waals surface area contributed by atoms with Crippen LogP contribution >= 0.6 is 11.8 Å². The topological polar surface area (TPSA) is 161 Å². The van der Waals surface area contributed by atoms with E-state index in [4.69, 9.17) is 4.74 Å². The van der Waals surface area contributed by atoms with Gasteiger partial charge in [-0.25, -0.2) is 0 Å². The lowest BCUT2D eigenvalue weighted by Gasteiger charge is -2.34. The monoisotopic (exact) mass is 719 g/mol. The van der Waals surface area contributed by atoms with E-state index < -0.39 is 46.7 Å². The fourth-order valence-electron chi connectivity index (χ4n) is 5.90. The Hall–Kier alpha value is -4.59. The number of nitrogens with zero attached hydrogens (tertiary/aromatic N) is 2. The van der Waals surface area contributed by atoms with Crippen molar-refractivity contribution in [3.05, 3.63) is 95.6 Å². The number of anilines is 1. The number of thioether (sulfide) groups is 1. The summed E-state index contributed by atoms with van der Waals surface area (Å²) in [5.74, 6) is -1.99. The first-order valence-corrected chi connectivity index (χ1v) is 17.9. The number of aliphatic hydroxyl groups excluding tert-OH is 1. The van der Waals surface area contributed by atoms with Crippen LogP contribution in [0.15, 0.2) is 78.9 Å². The zero-order valence-corrected chi connectivity index (χ0v) is 30.8. The summed E-state index contributed by atoms with van der Waals surface area (Å²) in [4.78, 5) is 55.8. The molecule has 4 atom stereocenters. The number of hydrogen-bond acceptors (Lipinski definition) is 9. The Morgan fingerprint density at radius 2 is 1.69 bits per heavy atom. The van der Waals surface area contributed by atoms with Crippen LogP contribution in [0.5, 0.6) is 5.75 Å². The minimum atomic E-state index is -1.70. The summed E-state index contributed by atoms with van der Waals surface area (Å²) in [6.07, 6.45) is -1.58. The molecule has 1 aliphatic rings. The van der Waals surface area contributed by atoms with Gasteiger partial charge in [-0.2, -0.15) is 0 Å². The SMILES string of the molecule is Cc1ccccc1CNC(=O)[C@H]1N(C(=O)[C@@H](O)[C@H](Cc2ccccc2)NC(=O)[C@@H](NC(=O)COc2cccc(N(C)O)c2)C(C)C)CSC1(C)C. The van der Waals surface area contributed by atoms with Crippen molar-refractivity contribution in [1.82, 2.24) is 20.9 Å². The molecule has 3 aromatic rings. The average molecular weight is 720 g/mol. The van der Waals surface area contributed by atoms with Crippen LogP contribution in [0.2, 0.25) is 0 Å². The summed E-state index contributed by atoms with van der Waals surface area (Å²) in [5.41, 5.74) is 3.23. The summed E-state index contributed by atoms with van der Waals surface area (Å²) < 4.78 is 4.95. The first kappa shape index (κ1) is 39.2. The molecular weight excluding hydrogens is 671 g/mol. The molecule has 0 aromatic heterocycles. The second-order valence-electron chi connectivity index (χ2n) is 13.6. The Labute approximate surface area is 303 Å². The molecule has 12 nitrogen and oxygen atoms in total. The molecule has 0 aliphatic carbocycles. The van der Waals surface area contributed by atoms with E-state index in [1.807, 2.05) is 75.4 Å². The molecule has 1 saturated heterocycles.